The quantitative estimate of drug-likeness (QED) is 0.180. The number of pyridine rings is 1. The van der Waals surface area contributed by atoms with E-state index in [1.165, 1.54) is 31.3 Å². The molecule has 2 unspecified atom stereocenters. The van der Waals surface area contributed by atoms with Crippen molar-refractivity contribution in [2.24, 2.45) is 5.41 Å². The van der Waals surface area contributed by atoms with Crippen LogP contribution in [0.4, 0.5) is 4.39 Å². The van der Waals surface area contributed by atoms with E-state index in [1.807, 2.05) is 6.07 Å². The number of halogens is 2. The summed E-state index contributed by atoms with van der Waals surface area (Å²) in [5, 5.41) is 30.4. The molecule has 2 N–H and O–H groups in total. The summed E-state index contributed by atoms with van der Waals surface area (Å²) in [6.07, 6.45) is 4.72. The molecule has 2 atom stereocenters. The maximum absolute atomic E-state index is 16.4. The summed E-state index contributed by atoms with van der Waals surface area (Å²) in [5.74, 6) is -0.773. The highest BCUT2D eigenvalue weighted by Gasteiger charge is 2.49. The van der Waals surface area contributed by atoms with Crippen LogP contribution in [0.1, 0.15) is 58.1 Å². The van der Waals surface area contributed by atoms with Crippen molar-refractivity contribution in [2.75, 3.05) is 20.3 Å². The van der Waals surface area contributed by atoms with E-state index in [9.17, 15) is 20.3 Å². The second kappa shape index (κ2) is 11.6. The Hall–Kier alpha value is -3.45. The maximum atomic E-state index is 16.4. The summed E-state index contributed by atoms with van der Waals surface area (Å²) in [7, 11) is 1.72. The van der Waals surface area contributed by atoms with Gasteiger partial charge in [-0.15, -0.1) is 0 Å². The standard InChI is InChI=1S/C31H31ClFN3O4/c1-4-29(2,39)24-13-22(18-37)28(27(33)14-24)31(23-6-8-25(32)9-7-23,40-20-30(19-38)11-12-30)36(3)17-26-10-5-21(15-34)16-35-26/h4-10,13-14,16,18,38-39H,1,11-12,17,19-20H2,2-3H3. The molecule has 0 saturated heterocycles. The summed E-state index contributed by atoms with van der Waals surface area (Å²) in [4.78, 5) is 18.7. The van der Waals surface area contributed by atoms with Crippen LogP contribution in [0.15, 0.2) is 67.4 Å². The Morgan fingerprint density at radius 2 is 1.95 bits per heavy atom. The molecule has 7 nitrogen and oxygen atoms in total. The van der Waals surface area contributed by atoms with Crippen molar-refractivity contribution in [2.45, 2.75) is 37.6 Å². The molecule has 4 rings (SSSR count). The molecule has 208 valence electrons. The molecular weight excluding hydrogens is 533 g/mol. The molecule has 1 saturated carbocycles. The van der Waals surface area contributed by atoms with Gasteiger partial charge in [0.1, 0.15) is 17.5 Å². The molecule has 0 aliphatic heterocycles. The third kappa shape index (κ3) is 5.71. The first-order valence-electron chi connectivity index (χ1n) is 12.8. The van der Waals surface area contributed by atoms with Gasteiger partial charge in [-0.25, -0.2) is 4.39 Å². The van der Waals surface area contributed by atoms with Crippen molar-refractivity contribution in [3.63, 3.8) is 0 Å². The van der Waals surface area contributed by atoms with E-state index in [1.54, 1.807) is 48.3 Å². The molecule has 1 aliphatic carbocycles. The largest absolute Gasteiger partial charge is 0.396 e. The van der Waals surface area contributed by atoms with Gasteiger partial charge in [-0.05, 0) is 68.8 Å². The summed E-state index contributed by atoms with van der Waals surface area (Å²) in [6.45, 7) is 5.20. The number of hydrogen-bond donors (Lipinski definition) is 2. The van der Waals surface area contributed by atoms with E-state index >= 15 is 4.39 Å². The van der Waals surface area contributed by atoms with Gasteiger partial charge in [-0.1, -0.05) is 36.4 Å². The Bertz CT molecular complexity index is 1430. The topological polar surface area (TPSA) is 107 Å². The van der Waals surface area contributed by atoms with Gasteiger partial charge in [-0.2, -0.15) is 5.26 Å². The van der Waals surface area contributed by atoms with E-state index in [0.717, 1.165) is 12.8 Å². The van der Waals surface area contributed by atoms with Crippen molar-refractivity contribution in [3.05, 3.63) is 112 Å². The monoisotopic (exact) mass is 563 g/mol. The number of rotatable bonds is 12. The van der Waals surface area contributed by atoms with E-state index in [0.29, 0.717) is 28.1 Å². The highest BCUT2D eigenvalue weighted by Crippen LogP contribution is 2.49. The lowest BCUT2D eigenvalue weighted by atomic mass is 9.85. The second-order valence-corrected chi connectivity index (χ2v) is 10.9. The number of carbonyl (C=O) groups excluding carboxylic acids is 1. The molecule has 3 aromatic rings. The van der Waals surface area contributed by atoms with Crippen molar-refractivity contribution >= 4 is 17.9 Å². The van der Waals surface area contributed by atoms with Crippen LogP contribution < -0.4 is 0 Å². The van der Waals surface area contributed by atoms with Crippen molar-refractivity contribution < 1.29 is 24.1 Å². The molecular formula is C31H31ClFN3O4. The highest BCUT2D eigenvalue weighted by molar-refractivity contribution is 6.30. The summed E-state index contributed by atoms with van der Waals surface area (Å²) in [5.41, 5.74) is -2.21. The summed E-state index contributed by atoms with van der Waals surface area (Å²) < 4.78 is 23.1. The van der Waals surface area contributed by atoms with Gasteiger partial charge in [0.25, 0.3) is 0 Å². The molecule has 1 aromatic heterocycles. The molecule has 1 aliphatic rings. The average Bonchev–Trinajstić information content (AvgIpc) is 3.75. The van der Waals surface area contributed by atoms with Crippen molar-refractivity contribution in [1.82, 2.24) is 9.88 Å². The Morgan fingerprint density at radius 1 is 1.25 bits per heavy atom. The second-order valence-electron chi connectivity index (χ2n) is 10.5. The third-order valence-electron chi connectivity index (χ3n) is 7.57. The minimum absolute atomic E-state index is 0.0273. The Kier molecular flexibility index (Phi) is 8.55. The lowest BCUT2D eigenvalue weighted by Crippen LogP contribution is -2.49. The van der Waals surface area contributed by atoms with E-state index in [4.69, 9.17) is 16.3 Å². The minimum Gasteiger partial charge on any atom is -0.396 e. The first-order chi connectivity index (χ1) is 19.0. The summed E-state index contributed by atoms with van der Waals surface area (Å²) in [6, 6.07) is 14.7. The number of benzene rings is 2. The van der Waals surface area contributed by atoms with Gasteiger partial charge in [0.15, 0.2) is 12.0 Å². The number of ether oxygens (including phenoxy) is 1. The fraction of sp³-hybridized carbons (Fsp3) is 0.323. The molecule has 2 aromatic carbocycles. The van der Waals surface area contributed by atoms with Crippen LogP contribution in [0.25, 0.3) is 0 Å². The predicted molar refractivity (Wildman–Crippen MR) is 149 cm³/mol. The van der Waals surface area contributed by atoms with Crippen LogP contribution in [-0.4, -0.2) is 46.6 Å². The van der Waals surface area contributed by atoms with E-state index < -0.39 is 22.6 Å². The number of aliphatic hydroxyl groups is 2. The molecule has 1 fully saturated rings. The maximum Gasteiger partial charge on any atom is 0.177 e. The molecule has 0 bridgehead atoms. The molecule has 1 heterocycles. The molecule has 40 heavy (non-hydrogen) atoms. The van der Waals surface area contributed by atoms with Crippen molar-refractivity contribution in [1.29, 1.82) is 5.26 Å². The number of nitriles is 1. The van der Waals surface area contributed by atoms with Crippen LogP contribution in [0.2, 0.25) is 5.02 Å². The lowest BCUT2D eigenvalue weighted by Gasteiger charge is -2.44. The molecule has 0 amide bonds. The minimum atomic E-state index is -1.68. The number of aldehydes is 1. The number of hydrogen-bond acceptors (Lipinski definition) is 7. The van der Waals surface area contributed by atoms with E-state index in [-0.39, 0.29) is 36.4 Å². The van der Waals surface area contributed by atoms with Crippen LogP contribution in [0.3, 0.4) is 0 Å². The highest BCUT2D eigenvalue weighted by atomic mass is 35.5. The fourth-order valence-electron chi connectivity index (χ4n) is 4.71. The van der Waals surface area contributed by atoms with Crippen LogP contribution in [0.5, 0.6) is 0 Å². The van der Waals surface area contributed by atoms with E-state index in [2.05, 4.69) is 11.6 Å². The zero-order chi connectivity index (χ0) is 29.1. The van der Waals surface area contributed by atoms with Crippen LogP contribution >= 0.6 is 11.6 Å². The van der Waals surface area contributed by atoms with Gasteiger partial charge >= 0.3 is 0 Å². The zero-order valence-corrected chi connectivity index (χ0v) is 23.2. The van der Waals surface area contributed by atoms with Gasteiger partial charge < -0.3 is 14.9 Å². The van der Waals surface area contributed by atoms with Crippen molar-refractivity contribution in [3.8, 4) is 6.07 Å². The number of aliphatic hydroxyl groups excluding tert-OH is 1. The first-order valence-corrected chi connectivity index (χ1v) is 13.1. The smallest absolute Gasteiger partial charge is 0.177 e. The summed E-state index contributed by atoms with van der Waals surface area (Å²) >= 11 is 6.21. The normalized spacial score (nSPS) is 16.9. The fourth-order valence-corrected chi connectivity index (χ4v) is 4.83. The van der Waals surface area contributed by atoms with Crippen LogP contribution in [-0.2, 0) is 22.6 Å². The molecule has 0 radical (unpaired) electrons. The third-order valence-corrected chi connectivity index (χ3v) is 7.83. The Morgan fingerprint density at radius 3 is 2.48 bits per heavy atom. The lowest BCUT2D eigenvalue weighted by molar-refractivity contribution is -0.146. The molecule has 9 heteroatoms. The first kappa shape index (κ1) is 29.5. The van der Waals surface area contributed by atoms with Crippen LogP contribution in [0, 0.1) is 22.6 Å². The SMILES string of the molecule is C=CC(C)(O)c1cc(F)c(C(OCC2(CO)CC2)(c2ccc(Cl)cc2)N(C)Cc2ccc(C#N)cn2)c(C=O)c1. The van der Waals surface area contributed by atoms with Gasteiger partial charge in [0.05, 0.1) is 24.5 Å². The Balaban J connectivity index is 1.97. The van der Waals surface area contributed by atoms with Gasteiger partial charge in [0, 0.05) is 39.9 Å². The van der Waals surface area contributed by atoms with Gasteiger partial charge in [0.2, 0.25) is 0 Å². The predicted octanol–water partition coefficient (Wildman–Crippen LogP) is 5.07. The number of aromatic nitrogens is 1. The molecule has 0 spiro atoms. The van der Waals surface area contributed by atoms with Gasteiger partial charge in [-0.3, -0.25) is 14.7 Å². The number of nitrogens with zero attached hydrogens (tertiary/aromatic N) is 3. The zero-order valence-electron chi connectivity index (χ0n) is 22.4. The average molecular weight is 564 g/mol. The Labute approximate surface area is 238 Å². The number of carbonyl (C=O) groups is 1.